The maximum Gasteiger partial charge on any atom is 0.369 e. The molecule has 6 heteroatoms. The van der Waals surface area contributed by atoms with Crippen LogP contribution in [0.3, 0.4) is 0 Å². The van der Waals surface area contributed by atoms with Gasteiger partial charge in [-0.2, -0.15) is 0 Å². The normalized spacial score (nSPS) is 10.8. The standard InChI is InChI=1S/C11H10BrNO4/c1-16-13-10(9(14)7-12)11(15)17-8-5-3-2-4-6-8/h2-6H,7H2,1H3. The maximum atomic E-state index is 11.6. The number of Topliss-reactive ketones (excluding diaryl/α,β-unsaturated/α-hetero) is 1. The minimum atomic E-state index is -0.845. The van der Waals surface area contributed by atoms with Gasteiger partial charge in [0, 0.05) is 0 Å². The molecule has 1 rings (SSSR count). The van der Waals surface area contributed by atoms with Crippen LogP contribution in [0, 0.1) is 0 Å². The van der Waals surface area contributed by atoms with Gasteiger partial charge in [0.05, 0.1) is 5.33 Å². The highest BCUT2D eigenvalue weighted by Crippen LogP contribution is 2.09. The average Bonchev–Trinajstić information content (AvgIpc) is 2.36. The molecule has 0 aromatic heterocycles. The van der Waals surface area contributed by atoms with E-state index in [0.29, 0.717) is 5.75 Å². The van der Waals surface area contributed by atoms with Crippen molar-refractivity contribution in [2.24, 2.45) is 5.16 Å². The van der Waals surface area contributed by atoms with Crippen molar-refractivity contribution in [3.8, 4) is 5.75 Å². The molecule has 1 aromatic carbocycles. The molecule has 5 nitrogen and oxygen atoms in total. The highest BCUT2D eigenvalue weighted by Gasteiger charge is 2.22. The molecular formula is C11H10BrNO4. The predicted octanol–water partition coefficient (Wildman–Crippen LogP) is 1.56. The van der Waals surface area contributed by atoms with Crippen LogP contribution in [0.2, 0.25) is 0 Å². The minimum absolute atomic E-state index is 0.0287. The number of ketones is 1. The molecule has 0 unspecified atom stereocenters. The van der Waals surface area contributed by atoms with E-state index in [9.17, 15) is 9.59 Å². The molecule has 0 heterocycles. The lowest BCUT2D eigenvalue weighted by atomic mass is 10.3. The van der Waals surface area contributed by atoms with Gasteiger partial charge in [0.1, 0.15) is 12.9 Å². The Kier molecular flexibility index (Phi) is 5.35. The Morgan fingerprint density at radius 2 is 1.94 bits per heavy atom. The Labute approximate surface area is 107 Å². The van der Waals surface area contributed by atoms with Gasteiger partial charge in [0.15, 0.2) is 0 Å². The van der Waals surface area contributed by atoms with Gasteiger partial charge >= 0.3 is 5.97 Å². The van der Waals surface area contributed by atoms with Crippen LogP contribution < -0.4 is 4.74 Å². The summed E-state index contributed by atoms with van der Waals surface area (Å²) >= 11 is 2.95. The van der Waals surface area contributed by atoms with Crippen molar-refractivity contribution in [3.05, 3.63) is 30.3 Å². The van der Waals surface area contributed by atoms with Gasteiger partial charge in [-0.05, 0) is 12.1 Å². The third kappa shape index (κ3) is 3.99. The number of alkyl halides is 1. The monoisotopic (exact) mass is 299 g/mol. The van der Waals surface area contributed by atoms with Crippen LogP contribution in [0.15, 0.2) is 35.5 Å². The lowest BCUT2D eigenvalue weighted by Gasteiger charge is -2.04. The van der Waals surface area contributed by atoms with E-state index in [0.717, 1.165) is 0 Å². The van der Waals surface area contributed by atoms with E-state index >= 15 is 0 Å². The van der Waals surface area contributed by atoms with Crippen molar-refractivity contribution < 1.29 is 19.2 Å². The van der Waals surface area contributed by atoms with Crippen LogP contribution in [-0.4, -0.2) is 29.9 Å². The molecule has 0 saturated heterocycles. The third-order valence-corrected chi connectivity index (χ3v) is 2.22. The highest BCUT2D eigenvalue weighted by molar-refractivity contribution is 9.09. The molecule has 0 spiro atoms. The topological polar surface area (TPSA) is 65.0 Å². The fourth-order valence-corrected chi connectivity index (χ4v) is 1.27. The van der Waals surface area contributed by atoms with Crippen LogP contribution in [0.25, 0.3) is 0 Å². The number of oxime groups is 1. The first-order valence-electron chi connectivity index (χ1n) is 4.66. The van der Waals surface area contributed by atoms with Crippen LogP contribution in [0.5, 0.6) is 5.75 Å². The van der Waals surface area contributed by atoms with E-state index in [-0.39, 0.29) is 11.0 Å². The minimum Gasteiger partial charge on any atom is -0.422 e. The third-order valence-electron chi connectivity index (χ3n) is 1.72. The van der Waals surface area contributed by atoms with Crippen molar-refractivity contribution in [2.75, 3.05) is 12.4 Å². The van der Waals surface area contributed by atoms with E-state index < -0.39 is 11.8 Å². The largest absolute Gasteiger partial charge is 0.422 e. The lowest BCUT2D eigenvalue weighted by molar-refractivity contribution is -0.128. The molecule has 0 aliphatic heterocycles. The Balaban J connectivity index is 2.80. The van der Waals surface area contributed by atoms with Crippen LogP contribution >= 0.6 is 15.9 Å². The van der Waals surface area contributed by atoms with E-state index in [4.69, 9.17) is 4.74 Å². The summed E-state index contributed by atoms with van der Waals surface area (Å²) in [4.78, 5) is 27.4. The fraction of sp³-hybridized carbons (Fsp3) is 0.182. The Bertz CT molecular complexity index is 430. The zero-order chi connectivity index (χ0) is 12.7. The Hall–Kier alpha value is -1.69. The highest BCUT2D eigenvalue weighted by atomic mass is 79.9. The van der Waals surface area contributed by atoms with Crippen molar-refractivity contribution in [2.45, 2.75) is 0 Å². The second-order valence-electron chi connectivity index (χ2n) is 2.88. The van der Waals surface area contributed by atoms with Crippen molar-refractivity contribution in [1.82, 2.24) is 0 Å². The summed E-state index contributed by atoms with van der Waals surface area (Å²) in [5.41, 5.74) is -0.381. The fourth-order valence-electron chi connectivity index (χ4n) is 1.00. The van der Waals surface area contributed by atoms with Gasteiger partial charge in [-0.25, -0.2) is 4.79 Å². The van der Waals surface area contributed by atoms with E-state index in [1.165, 1.54) is 7.11 Å². The average molecular weight is 300 g/mol. The number of nitrogens with zero attached hydrogens (tertiary/aromatic N) is 1. The summed E-state index contributed by atoms with van der Waals surface area (Å²) in [6.45, 7) is 0. The summed E-state index contributed by atoms with van der Waals surface area (Å²) in [6.07, 6.45) is 0. The van der Waals surface area contributed by atoms with Crippen molar-refractivity contribution in [3.63, 3.8) is 0 Å². The summed E-state index contributed by atoms with van der Waals surface area (Å²) in [6, 6.07) is 8.40. The van der Waals surface area contributed by atoms with Gasteiger partial charge in [0.25, 0.3) is 0 Å². The smallest absolute Gasteiger partial charge is 0.369 e. The molecular weight excluding hydrogens is 290 g/mol. The van der Waals surface area contributed by atoms with Crippen LogP contribution in [0.4, 0.5) is 0 Å². The van der Waals surface area contributed by atoms with Gasteiger partial charge in [-0.1, -0.05) is 39.3 Å². The molecule has 0 aliphatic carbocycles. The number of carbonyl (C=O) groups excluding carboxylic acids is 2. The molecule has 0 saturated carbocycles. The molecule has 0 amide bonds. The van der Waals surface area contributed by atoms with Crippen molar-refractivity contribution in [1.29, 1.82) is 0 Å². The summed E-state index contributed by atoms with van der Waals surface area (Å²) < 4.78 is 4.96. The zero-order valence-electron chi connectivity index (χ0n) is 9.05. The second kappa shape index (κ2) is 6.80. The first-order chi connectivity index (χ1) is 8.19. The summed E-state index contributed by atoms with van der Waals surface area (Å²) in [5, 5.41) is 3.32. The number of rotatable bonds is 5. The summed E-state index contributed by atoms with van der Waals surface area (Å²) in [7, 11) is 1.25. The first kappa shape index (κ1) is 13.4. The van der Waals surface area contributed by atoms with E-state index in [1.54, 1.807) is 30.3 Å². The number of halogens is 1. The molecule has 0 atom stereocenters. The predicted molar refractivity (Wildman–Crippen MR) is 65.3 cm³/mol. The Morgan fingerprint density at radius 3 is 2.47 bits per heavy atom. The number of esters is 1. The number of hydrogen-bond donors (Lipinski definition) is 0. The van der Waals surface area contributed by atoms with Gasteiger partial charge in [-0.15, -0.1) is 0 Å². The molecule has 90 valence electrons. The summed E-state index contributed by atoms with van der Waals surface area (Å²) in [5.74, 6) is -1.01. The molecule has 17 heavy (non-hydrogen) atoms. The molecule has 0 N–H and O–H groups in total. The van der Waals surface area contributed by atoms with Crippen LogP contribution in [0.1, 0.15) is 0 Å². The molecule has 0 radical (unpaired) electrons. The number of benzene rings is 1. The molecule has 0 aliphatic rings. The second-order valence-corrected chi connectivity index (χ2v) is 3.44. The molecule has 0 fully saturated rings. The number of ether oxygens (including phenoxy) is 1. The maximum absolute atomic E-state index is 11.6. The zero-order valence-corrected chi connectivity index (χ0v) is 10.6. The van der Waals surface area contributed by atoms with Gasteiger partial charge in [0.2, 0.25) is 11.5 Å². The lowest BCUT2D eigenvalue weighted by Crippen LogP contribution is -2.29. The molecule has 1 aromatic rings. The van der Waals surface area contributed by atoms with Crippen molar-refractivity contribution >= 4 is 33.4 Å². The van der Waals surface area contributed by atoms with E-state index in [1.807, 2.05) is 0 Å². The van der Waals surface area contributed by atoms with Gasteiger partial charge in [-0.3, -0.25) is 4.79 Å². The SMILES string of the molecule is CON=C(C(=O)CBr)C(=O)Oc1ccccc1. The molecule has 0 bridgehead atoms. The van der Waals surface area contributed by atoms with E-state index in [2.05, 4.69) is 25.9 Å². The first-order valence-corrected chi connectivity index (χ1v) is 5.78. The quantitative estimate of drug-likeness (QED) is 0.207. The number of para-hydroxylation sites is 1. The van der Waals surface area contributed by atoms with Gasteiger partial charge < -0.3 is 9.57 Å². The number of hydrogen-bond acceptors (Lipinski definition) is 5. The van der Waals surface area contributed by atoms with Crippen LogP contribution in [-0.2, 0) is 14.4 Å². The number of carbonyl (C=O) groups is 2. The Morgan fingerprint density at radius 1 is 1.29 bits per heavy atom.